The van der Waals surface area contributed by atoms with E-state index in [0.717, 1.165) is 24.5 Å². The monoisotopic (exact) mass is 325 g/mol. The molecule has 0 unspecified atom stereocenters. The van der Waals surface area contributed by atoms with Gasteiger partial charge in [0.2, 0.25) is 0 Å². The maximum atomic E-state index is 12.7. The third-order valence-electron chi connectivity index (χ3n) is 5.09. The van der Waals surface area contributed by atoms with Crippen molar-refractivity contribution >= 4 is 5.91 Å². The fourth-order valence-electron chi connectivity index (χ4n) is 3.61. The van der Waals surface area contributed by atoms with Crippen LogP contribution in [0.25, 0.3) is 0 Å². The molecule has 2 aromatic rings. The molecule has 6 heteroatoms. The number of likely N-dealkylation sites (tertiary alicyclic amines) is 1. The molecule has 3 heterocycles. The summed E-state index contributed by atoms with van der Waals surface area (Å²) >= 11 is 0. The molecule has 1 amide bonds. The van der Waals surface area contributed by atoms with Crippen molar-refractivity contribution in [1.82, 2.24) is 24.8 Å². The van der Waals surface area contributed by atoms with Gasteiger partial charge in [-0.2, -0.15) is 0 Å². The van der Waals surface area contributed by atoms with Crippen molar-refractivity contribution < 1.29 is 4.79 Å². The first-order valence-electron chi connectivity index (χ1n) is 8.53. The predicted octanol–water partition coefficient (Wildman–Crippen LogP) is 1.52. The summed E-state index contributed by atoms with van der Waals surface area (Å²) in [5.41, 5.74) is 2.93. The number of aryl methyl sites for hydroxylation is 1. The molecule has 1 aliphatic heterocycles. The number of carbonyl (C=O) groups excluding carboxylic acids is 1. The van der Waals surface area contributed by atoms with E-state index in [0.29, 0.717) is 11.5 Å². The molecular formula is C18H23N5O. The van der Waals surface area contributed by atoms with Crippen LogP contribution in [0.3, 0.4) is 0 Å². The molecule has 1 aliphatic carbocycles. The number of hydrogen-bond donors (Lipinski definition) is 1. The first-order valence-corrected chi connectivity index (χ1v) is 8.53. The van der Waals surface area contributed by atoms with Crippen molar-refractivity contribution in [2.75, 3.05) is 20.1 Å². The zero-order valence-corrected chi connectivity index (χ0v) is 14.1. The Morgan fingerprint density at radius 1 is 1.29 bits per heavy atom. The van der Waals surface area contributed by atoms with Gasteiger partial charge in [0.15, 0.2) is 0 Å². The normalized spacial score (nSPS) is 24.2. The average molecular weight is 325 g/mol. The summed E-state index contributed by atoms with van der Waals surface area (Å²) < 4.78 is 2.04. The number of pyridine rings is 1. The van der Waals surface area contributed by atoms with Crippen molar-refractivity contribution in [3.63, 3.8) is 0 Å². The van der Waals surface area contributed by atoms with Gasteiger partial charge in [0.1, 0.15) is 0 Å². The Labute approximate surface area is 141 Å². The van der Waals surface area contributed by atoms with Gasteiger partial charge in [-0.3, -0.25) is 9.78 Å². The molecule has 6 nitrogen and oxygen atoms in total. The summed E-state index contributed by atoms with van der Waals surface area (Å²) in [5.74, 6) is 0.806. The molecule has 0 spiro atoms. The quantitative estimate of drug-likeness (QED) is 0.926. The molecule has 2 aromatic heterocycles. The van der Waals surface area contributed by atoms with E-state index in [1.54, 1.807) is 12.3 Å². The van der Waals surface area contributed by atoms with Crippen LogP contribution in [0.15, 0.2) is 30.9 Å². The highest BCUT2D eigenvalue weighted by molar-refractivity contribution is 5.94. The van der Waals surface area contributed by atoms with E-state index in [4.69, 9.17) is 0 Å². The fraction of sp³-hybridized carbons (Fsp3) is 0.500. The number of imidazole rings is 1. The first kappa shape index (κ1) is 15.3. The number of rotatable bonds is 4. The Bertz CT molecular complexity index is 751. The average Bonchev–Trinajstić information content (AvgIpc) is 3.25. The summed E-state index contributed by atoms with van der Waals surface area (Å²) in [5, 5.41) is 3.23. The summed E-state index contributed by atoms with van der Waals surface area (Å²) in [6, 6.07) is 3.85. The minimum Gasteiger partial charge on any atom is -0.347 e. The second-order valence-electron chi connectivity index (χ2n) is 7.08. The van der Waals surface area contributed by atoms with Crippen LogP contribution in [0.1, 0.15) is 46.4 Å². The Kier molecular flexibility index (Phi) is 3.84. The van der Waals surface area contributed by atoms with Crippen LogP contribution in [0, 0.1) is 0 Å². The van der Waals surface area contributed by atoms with Crippen molar-refractivity contribution in [3.05, 3.63) is 47.8 Å². The molecule has 0 radical (unpaired) electrons. The number of aromatic nitrogens is 3. The molecular weight excluding hydrogens is 302 g/mol. The van der Waals surface area contributed by atoms with Gasteiger partial charge in [-0.15, -0.1) is 0 Å². The Morgan fingerprint density at radius 3 is 2.83 bits per heavy atom. The van der Waals surface area contributed by atoms with Crippen LogP contribution in [0.4, 0.5) is 0 Å². The largest absolute Gasteiger partial charge is 0.347 e. The molecule has 2 aliphatic rings. The topological polar surface area (TPSA) is 63.1 Å². The van der Waals surface area contributed by atoms with E-state index in [2.05, 4.69) is 27.2 Å². The van der Waals surface area contributed by atoms with E-state index >= 15 is 0 Å². The molecule has 1 saturated carbocycles. The number of nitrogens with zero attached hydrogens (tertiary/aromatic N) is 4. The number of carbonyl (C=O) groups is 1. The minimum absolute atomic E-state index is 0.00762. The zero-order valence-electron chi connectivity index (χ0n) is 14.1. The molecule has 2 fully saturated rings. The molecule has 2 atom stereocenters. The third-order valence-corrected chi connectivity index (χ3v) is 5.09. The third kappa shape index (κ3) is 2.94. The maximum absolute atomic E-state index is 12.7. The second-order valence-corrected chi connectivity index (χ2v) is 7.08. The standard InChI is InChI=1S/C18H23N5O/c1-22-9-14(17-8-19-11-23(17)2)16(10-22)21-18(24)13-5-6-20-15(7-13)12-3-4-12/h5-8,11-12,14,16H,3-4,9-10H2,1-2H3,(H,21,24)/t14-,16-/m1/s1. The molecule has 0 aromatic carbocycles. The number of likely N-dealkylation sites (N-methyl/N-ethyl adjacent to an activating group) is 1. The predicted molar refractivity (Wildman–Crippen MR) is 90.9 cm³/mol. The lowest BCUT2D eigenvalue weighted by molar-refractivity contribution is 0.0935. The highest BCUT2D eigenvalue weighted by Gasteiger charge is 2.35. The summed E-state index contributed by atoms with van der Waals surface area (Å²) in [4.78, 5) is 23.6. The highest BCUT2D eigenvalue weighted by atomic mass is 16.1. The summed E-state index contributed by atoms with van der Waals surface area (Å²) in [6.45, 7) is 1.77. The van der Waals surface area contributed by atoms with Gasteiger partial charge < -0.3 is 14.8 Å². The van der Waals surface area contributed by atoms with Crippen LogP contribution in [0.5, 0.6) is 0 Å². The maximum Gasteiger partial charge on any atom is 0.251 e. The van der Waals surface area contributed by atoms with Crippen LogP contribution in [-0.4, -0.2) is 51.5 Å². The molecule has 1 N–H and O–H groups in total. The van der Waals surface area contributed by atoms with E-state index in [1.807, 2.05) is 30.2 Å². The molecule has 126 valence electrons. The minimum atomic E-state index is -0.00762. The number of hydrogen-bond acceptors (Lipinski definition) is 4. The fourth-order valence-corrected chi connectivity index (χ4v) is 3.61. The van der Waals surface area contributed by atoms with E-state index in [-0.39, 0.29) is 17.9 Å². The van der Waals surface area contributed by atoms with Crippen molar-refractivity contribution in [2.24, 2.45) is 7.05 Å². The number of nitrogens with one attached hydrogen (secondary N) is 1. The highest BCUT2D eigenvalue weighted by Crippen LogP contribution is 2.39. The van der Waals surface area contributed by atoms with Gasteiger partial charge in [0.05, 0.1) is 12.4 Å². The summed E-state index contributed by atoms with van der Waals surface area (Å²) in [6.07, 6.45) is 7.85. The van der Waals surface area contributed by atoms with Crippen molar-refractivity contribution in [3.8, 4) is 0 Å². The first-order chi connectivity index (χ1) is 11.6. The number of amides is 1. The molecule has 1 saturated heterocycles. The molecule has 24 heavy (non-hydrogen) atoms. The van der Waals surface area contributed by atoms with Gasteiger partial charge in [-0.05, 0) is 32.0 Å². The second kappa shape index (κ2) is 6.02. The lowest BCUT2D eigenvalue weighted by Gasteiger charge is -2.20. The van der Waals surface area contributed by atoms with Crippen LogP contribution < -0.4 is 5.32 Å². The zero-order chi connectivity index (χ0) is 16.7. The van der Waals surface area contributed by atoms with E-state index in [9.17, 15) is 4.79 Å². The SMILES string of the molecule is CN1C[C@@H](NC(=O)c2ccnc(C3CC3)c2)[C@H](c2cncn2C)C1. The van der Waals surface area contributed by atoms with Gasteiger partial charge in [0.25, 0.3) is 5.91 Å². The van der Waals surface area contributed by atoms with Crippen molar-refractivity contribution in [2.45, 2.75) is 30.7 Å². The Hall–Kier alpha value is -2.21. The van der Waals surface area contributed by atoms with Gasteiger partial charge in [-0.1, -0.05) is 0 Å². The van der Waals surface area contributed by atoms with E-state index < -0.39 is 0 Å². The van der Waals surface area contributed by atoms with E-state index in [1.165, 1.54) is 12.8 Å². The van der Waals surface area contributed by atoms with Crippen molar-refractivity contribution in [1.29, 1.82) is 0 Å². The molecule has 4 rings (SSSR count). The Balaban J connectivity index is 1.51. The van der Waals surface area contributed by atoms with Crippen LogP contribution >= 0.6 is 0 Å². The van der Waals surface area contributed by atoms with Crippen LogP contribution in [0.2, 0.25) is 0 Å². The summed E-state index contributed by atoms with van der Waals surface area (Å²) in [7, 11) is 4.09. The lowest BCUT2D eigenvalue weighted by atomic mass is 9.99. The van der Waals surface area contributed by atoms with Crippen LogP contribution in [-0.2, 0) is 7.05 Å². The van der Waals surface area contributed by atoms with Gasteiger partial charge >= 0.3 is 0 Å². The van der Waals surface area contributed by atoms with Gasteiger partial charge in [-0.25, -0.2) is 4.98 Å². The Morgan fingerprint density at radius 2 is 2.12 bits per heavy atom. The molecule has 0 bridgehead atoms. The van der Waals surface area contributed by atoms with Gasteiger partial charge in [0, 0.05) is 61.3 Å². The smallest absolute Gasteiger partial charge is 0.251 e. The lowest BCUT2D eigenvalue weighted by Crippen LogP contribution is -2.40.